The second kappa shape index (κ2) is 5.97. The van der Waals surface area contributed by atoms with E-state index in [0.29, 0.717) is 5.95 Å². The largest absolute Gasteiger partial charge is 0.387 e. The third-order valence-corrected chi connectivity index (χ3v) is 4.11. The monoisotopic (exact) mass is 329 g/mol. The van der Waals surface area contributed by atoms with Gasteiger partial charge in [0, 0.05) is 21.1 Å². The van der Waals surface area contributed by atoms with Gasteiger partial charge in [-0.15, -0.1) is 0 Å². The summed E-state index contributed by atoms with van der Waals surface area (Å²) in [4.78, 5) is 28.9. The van der Waals surface area contributed by atoms with Crippen LogP contribution in [0.4, 0.5) is 5.95 Å². The average molecular weight is 329 g/mol. The van der Waals surface area contributed by atoms with Crippen molar-refractivity contribution in [2.24, 2.45) is 14.1 Å². The van der Waals surface area contributed by atoms with Gasteiger partial charge >= 0.3 is 5.69 Å². The number of nitrogens with one attached hydrogen (secondary N) is 1. The fourth-order valence-corrected chi connectivity index (χ4v) is 2.77. The molecule has 0 radical (unpaired) electrons. The van der Waals surface area contributed by atoms with Crippen LogP contribution in [0.25, 0.3) is 11.2 Å². The van der Waals surface area contributed by atoms with Crippen LogP contribution in [-0.2, 0) is 20.6 Å². The summed E-state index contributed by atoms with van der Waals surface area (Å²) in [6, 6.07) is 9.18. The van der Waals surface area contributed by atoms with Crippen molar-refractivity contribution in [3.05, 3.63) is 56.7 Å². The summed E-state index contributed by atoms with van der Waals surface area (Å²) in [6.45, 7) is 0.143. The Bertz CT molecular complexity index is 1000. The Labute approximate surface area is 137 Å². The van der Waals surface area contributed by atoms with Crippen molar-refractivity contribution in [3.8, 4) is 0 Å². The standard InChI is InChI=1S/C16H19N5O3/c1-17-15-18-13-12(14(23)20(3)16(24)19(13)2)21(15)9-11(22)10-7-5-4-6-8-10/h4-8,11,22H,9H2,1-3H3,(H,17,18)/t11-/m1/s1. The number of aliphatic hydroxyl groups excluding tert-OH is 1. The summed E-state index contributed by atoms with van der Waals surface area (Å²) >= 11 is 0. The summed E-state index contributed by atoms with van der Waals surface area (Å²) in [5, 5.41) is 13.4. The molecule has 8 heteroatoms. The van der Waals surface area contributed by atoms with Crippen LogP contribution in [0.5, 0.6) is 0 Å². The second-order valence-electron chi connectivity index (χ2n) is 5.60. The van der Waals surface area contributed by atoms with Crippen molar-refractivity contribution in [2.75, 3.05) is 12.4 Å². The first kappa shape index (κ1) is 16.0. The van der Waals surface area contributed by atoms with Crippen molar-refractivity contribution >= 4 is 17.1 Å². The van der Waals surface area contributed by atoms with E-state index in [1.54, 1.807) is 18.7 Å². The summed E-state index contributed by atoms with van der Waals surface area (Å²) in [6.07, 6.45) is -0.808. The maximum absolute atomic E-state index is 12.5. The molecule has 0 saturated heterocycles. The Morgan fingerprint density at radius 1 is 1.17 bits per heavy atom. The smallest absolute Gasteiger partial charge is 0.332 e. The highest BCUT2D eigenvalue weighted by Crippen LogP contribution is 2.21. The lowest BCUT2D eigenvalue weighted by atomic mass is 10.1. The van der Waals surface area contributed by atoms with E-state index in [0.717, 1.165) is 10.1 Å². The summed E-state index contributed by atoms with van der Waals surface area (Å²) in [5.41, 5.74) is 0.417. The van der Waals surface area contributed by atoms with E-state index < -0.39 is 17.4 Å². The molecule has 0 amide bonds. The number of aryl methyl sites for hydroxylation is 1. The molecular formula is C16H19N5O3. The lowest BCUT2D eigenvalue weighted by molar-refractivity contribution is 0.158. The number of nitrogens with zero attached hydrogens (tertiary/aromatic N) is 4. The first-order chi connectivity index (χ1) is 11.5. The van der Waals surface area contributed by atoms with Gasteiger partial charge in [0.1, 0.15) is 0 Å². The van der Waals surface area contributed by atoms with Gasteiger partial charge in [0.05, 0.1) is 12.6 Å². The zero-order valence-corrected chi connectivity index (χ0v) is 13.7. The number of rotatable bonds is 4. The van der Waals surface area contributed by atoms with Gasteiger partial charge in [-0.05, 0) is 5.56 Å². The van der Waals surface area contributed by atoms with E-state index >= 15 is 0 Å². The molecule has 0 unspecified atom stereocenters. The van der Waals surface area contributed by atoms with Gasteiger partial charge in [0.15, 0.2) is 11.2 Å². The number of fused-ring (bicyclic) bond motifs is 1. The molecule has 8 nitrogen and oxygen atoms in total. The molecule has 2 aromatic heterocycles. The fourth-order valence-electron chi connectivity index (χ4n) is 2.77. The number of benzene rings is 1. The minimum absolute atomic E-state index is 0.143. The number of anilines is 1. The predicted molar refractivity (Wildman–Crippen MR) is 91.2 cm³/mol. The zero-order chi connectivity index (χ0) is 17.4. The van der Waals surface area contributed by atoms with Crippen molar-refractivity contribution in [2.45, 2.75) is 12.6 Å². The molecule has 0 spiro atoms. The van der Waals surface area contributed by atoms with Gasteiger partial charge in [0.25, 0.3) is 5.56 Å². The minimum Gasteiger partial charge on any atom is -0.387 e. The Balaban J connectivity index is 2.20. The highest BCUT2D eigenvalue weighted by molar-refractivity contribution is 5.74. The Hall–Kier alpha value is -2.87. The van der Waals surface area contributed by atoms with Gasteiger partial charge in [0.2, 0.25) is 5.95 Å². The average Bonchev–Trinajstić information content (AvgIpc) is 2.97. The van der Waals surface area contributed by atoms with Crippen molar-refractivity contribution in [3.63, 3.8) is 0 Å². The highest BCUT2D eigenvalue weighted by atomic mass is 16.3. The topological polar surface area (TPSA) is 94.1 Å². The van der Waals surface area contributed by atoms with E-state index in [2.05, 4.69) is 10.3 Å². The zero-order valence-electron chi connectivity index (χ0n) is 13.7. The molecule has 2 N–H and O–H groups in total. The molecule has 2 heterocycles. The van der Waals surface area contributed by atoms with E-state index in [1.165, 1.54) is 11.6 Å². The Morgan fingerprint density at radius 2 is 1.83 bits per heavy atom. The number of aliphatic hydroxyl groups is 1. The molecule has 3 rings (SSSR count). The van der Waals surface area contributed by atoms with Crippen molar-refractivity contribution < 1.29 is 5.11 Å². The first-order valence-electron chi connectivity index (χ1n) is 7.52. The molecule has 1 aromatic carbocycles. The molecule has 126 valence electrons. The molecule has 1 atom stereocenters. The van der Waals surface area contributed by atoms with Crippen LogP contribution in [0.3, 0.4) is 0 Å². The SMILES string of the molecule is CNc1nc2c(c(=O)n(C)c(=O)n2C)n1C[C@@H](O)c1ccccc1. The normalized spacial score (nSPS) is 12.5. The minimum atomic E-state index is -0.808. The molecule has 3 aromatic rings. The first-order valence-corrected chi connectivity index (χ1v) is 7.52. The second-order valence-corrected chi connectivity index (χ2v) is 5.60. The molecule has 24 heavy (non-hydrogen) atoms. The van der Waals surface area contributed by atoms with E-state index in [-0.39, 0.29) is 17.7 Å². The molecule has 0 aliphatic heterocycles. The summed E-state index contributed by atoms with van der Waals surface area (Å²) < 4.78 is 3.96. The van der Waals surface area contributed by atoms with E-state index in [4.69, 9.17) is 0 Å². The van der Waals surface area contributed by atoms with Crippen LogP contribution in [0.1, 0.15) is 11.7 Å². The molecular weight excluding hydrogens is 310 g/mol. The summed E-state index contributed by atoms with van der Waals surface area (Å²) in [5.74, 6) is 0.415. The number of hydrogen-bond acceptors (Lipinski definition) is 5. The van der Waals surface area contributed by atoms with E-state index in [1.807, 2.05) is 30.3 Å². The quantitative estimate of drug-likeness (QED) is 0.713. The van der Waals surface area contributed by atoms with Crippen molar-refractivity contribution in [1.82, 2.24) is 18.7 Å². The third kappa shape index (κ3) is 2.41. The van der Waals surface area contributed by atoms with Gasteiger partial charge in [-0.3, -0.25) is 13.9 Å². The van der Waals surface area contributed by atoms with Gasteiger partial charge in [-0.2, -0.15) is 4.98 Å². The van der Waals surface area contributed by atoms with Gasteiger partial charge < -0.3 is 15.0 Å². The third-order valence-electron chi connectivity index (χ3n) is 4.11. The number of imidazole rings is 1. The van der Waals surface area contributed by atoms with Gasteiger partial charge in [-0.25, -0.2) is 4.79 Å². The van der Waals surface area contributed by atoms with Crippen LogP contribution >= 0.6 is 0 Å². The summed E-state index contributed by atoms with van der Waals surface area (Å²) in [7, 11) is 4.66. The predicted octanol–water partition coefficient (Wildman–Crippen LogP) is 0.209. The van der Waals surface area contributed by atoms with E-state index in [9.17, 15) is 14.7 Å². The lowest BCUT2D eigenvalue weighted by Crippen LogP contribution is -2.37. The fraction of sp³-hybridized carbons (Fsp3) is 0.312. The molecule has 0 fully saturated rings. The maximum atomic E-state index is 12.5. The van der Waals surface area contributed by atoms with Crippen LogP contribution in [-0.4, -0.2) is 30.8 Å². The Morgan fingerprint density at radius 3 is 2.46 bits per heavy atom. The number of hydrogen-bond donors (Lipinski definition) is 2. The maximum Gasteiger partial charge on any atom is 0.332 e. The van der Waals surface area contributed by atoms with Crippen LogP contribution in [0.2, 0.25) is 0 Å². The molecule has 0 aliphatic carbocycles. The number of aromatic nitrogens is 4. The van der Waals surface area contributed by atoms with Crippen molar-refractivity contribution in [1.29, 1.82) is 0 Å². The van der Waals surface area contributed by atoms with Crippen LogP contribution < -0.4 is 16.6 Å². The molecule has 0 saturated carbocycles. The van der Waals surface area contributed by atoms with Crippen LogP contribution in [0, 0.1) is 0 Å². The molecule has 0 bridgehead atoms. The molecule has 0 aliphatic rings. The van der Waals surface area contributed by atoms with Gasteiger partial charge in [-0.1, -0.05) is 30.3 Å². The Kier molecular flexibility index (Phi) is 3.98. The lowest BCUT2D eigenvalue weighted by Gasteiger charge is -2.14. The van der Waals surface area contributed by atoms with Crippen LogP contribution in [0.15, 0.2) is 39.9 Å². The highest BCUT2D eigenvalue weighted by Gasteiger charge is 2.20.